The number of fused-ring (bicyclic) bond motifs is 18. The quantitative estimate of drug-likeness (QED) is 0.0359. The van der Waals surface area contributed by atoms with Gasteiger partial charge in [-0.2, -0.15) is 0 Å². The second kappa shape index (κ2) is 37.8. The Morgan fingerprint density at radius 1 is 0.160 bits per heavy atom. The molecule has 680 valence electrons. The molecule has 0 saturated heterocycles. The van der Waals surface area contributed by atoms with Crippen LogP contribution in [0.1, 0.15) is 365 Å². The average molecular weight is 1730 g/mol. The lowest BCUT2D eigenvalue weighted by molar-refractivity contribution is 0.342. The normalized spacial score (nSPS) is 15.8. The lowest BCUT2D eigenvalue weighted by Crippen LogP contribution is -2.37. The number of rotatable bonds is 40. The highest BCUT2D eigenvalue weighted by Crippen LogP contribution is 2.66. The molecule has 0 heterocycles. The minimum Gasteiger partial charge on any atom is -0.0642 e. The molecule has 0 aliphatic heterocycles. The van der Waals surface area contributed by atoms with E-state index in [1.807, 2.05) is 0 Å². The molecule has 12 aromatic carbocycles. The number of hydrogen-bond donors (Lipinski definition) is 0. The van der Waals surface area contributed by atoms with E-state index in [1.54, 1.807) is 44.5 Å². The first-order chi connectivity index (χ1) is 63.3. The van der Waals surface area contributed by atoms with Crippen LogP contribution >= 0.6 is 0 Å². The van der Waals surface area contributed by atoms with Gasteiger partial charge in [0.2, 0.25) is 0 Å². The zero-order chi connectivity index (χ0) is 91.5. The molecule has 0 atom stereocenters. The van der Waals surface area contributed by atoms with Crippen LogP contribution in [-0.4, -0.2) is 0 Å². The standard InChI is InChI=1S/C131H156/c1-19-126(122-81-98(94-57-65-118-110(77-94)102-45-21-25-49-114(102)128(118,69-29-37-86(3)4)70-30-38-87(5)6)53-61-106(122)107-62-54-99(82-123(107)126)95-58-66-119-111(78-95)103-46-22-26-50-115(103)129(119,71-31-39-88(7)8)72-32-40-89(9)10)85-127(20-2)124-83-100(96-59-67-120-112(79-96)104-47-23-27-51-116(104)130(120,73-33-41-90(11)12)74-34-42-91(13)14)55-63-108(124)109-64-56-101(84-125(109)127)97-60-68-121-113(80-97)105-48-24-28-52-117(105)131(121,75-35-43-92(15)16)76-36-44-93(17)18/h21-28,45-68,77-84,86-93H,19-20,29-44,69-76,85H2,1-18H3. The molecule has 12 aromatic rings. The number of hydrogen-bond acceptors (Lipinski definition) is 0. The summed E-state index contributed by atoms with van der Waals surface area (Å²) in [5, 5.41) is 0. The smallest absolute Gasteiger partial charge is 0.0224 e. The summed E-state index contributed by atoms with van der Waals surface area (Å²) in [5.41, 5.74) is 45.2. The zero-order valence-electron chi connectivity index (χ0n) is 83.8. The van der Waals surface area contributed by atoms with Gasteiger partial charge in [-0.05, 0) is 345 Å². The van der Waals surface area contributed by atoms with Gasteiger partial charge in [-0.3, -0.25) is 0 Å². The fraction of sp³-hybridized carbons (Fsp3) is 0.450. The van der Waals surface area contributed by atoms with Gasteiger partial charge in [-0.25, -0.2) is 0 Å². The van der Waals surface area contributed by atoms with Crippen molar-refractivity contribution in [2.75, 3.05) is 0 Å². The van der Waals surface area contributed by atoms with E-state index in [4.69, 9.17) is 0 Å². The van der Waals surface area contributed by atoms with Gasteiger partial charge in [0, 0.05) is 32.5 Å². The molecule has 131 heavy (non-hydrogen) atoms. The second-order valence-electron chi connectivity index (χ2n) is 45.9. The number of benzene rings is 12. The fourth-order valence-corrected chi connectivity index (χ4v) is 27.3. The molecule has 0 bridgehead atoms. The predicted molar refractivity (Wildman–Crippen MR) is 567 cm³/mol. The highest BCUT2D eigenvalue weighted by Gasteiger charge is 2.54. The molecule has 18 rings (SSSR count). The molecule has 0 spiro atoms. The molecular weight excluding hydrogens is 1570 g/mol. The van der Waals surface area contributed by atoms with Crippen molar-refractivity contribution in [1.82, 2.24) is 0 Å². The summed E-state index contributed by atoms with van der Waals surface area (Å²) in [4.78, 5) is 0. The lowest BCUT2D eigenvalue weighted by atomic mass is 9.60. The van der Waals surface area contributed by atoms with Crippen LogP contribution in [0.4, 0.5) is 0 Å². The van der Waals surface area contributed by atoms with Crippen molar-refractivity contribution in [2.24, 2.45) is 47.3 Å². The third kappa shape index (κ3) is 16.7. The van der Waals surface area contributed by atoms with Gasteiger partial charge in [0.05, 0.1) is 0 Å². The molecule has 0 fully saturated rings. The van der Waals surface area contributed by atoms with E-state index in [0.29, 0.717) is 47.3 Å². The van der Waals surface area contributed by atoms with E-state index in [0.717, 1.165) is 19.3 Å². The van der Waals surface area contributed by atoms with Crippen molar-refractivity contribution < 1.29 is 0 Å². The summed E-state index contributed by atoms with van der Waals surface area (Å²) in [6.07, 6.45) is 32.2. The van der Waals surface area contributed by atoms with Gasteiger partial charge in [0.1, 0.15) is 0 Å². The molecule has 0 nitrogen and oxygen atoms in total. The first-order valence-corrected chi connectivity index (χ1v) is 52.9. The first kappa shape index (κ1) is 92.1. The topological polar surface area (TPSA) is 0 Å². The molecule has 0 unspecified atom stereocenters. The third-order valence-corrected chi connectivity index (χ3v) is 34.0. The first-order valence-electron chi connectivity index (χ1n) is 52.9. The fourth-order valence-electron chi connectivity index (χ4n) is 27.3. The molecule has 0 radical (unpaired) electrons. The van der Waals surface area contributed by atoms with Crippen LogP contribution in [0.5, 0.6) is 0 Å². The van der Waals surface area contributed by atoms with Gasteiger partial charge >= 0.3 is 0 Å². The highest BCUT2D eigenvalue weighted by molar-refractivity contribution is 5.94. The minimum atomic E-state index is -0.439. The molecule has 6 aliphatic rings. The Labute approximate surface area is 793 Å². The Kier molecular flexibility index (Phi) is 26.6. The van der Waals surface area contributed by atoms with E-state index < -0.39 is 10.8 Å². The van der Waals surface area contributed by atoms with Gasteiger partial charge < -0.3 is 0 Å². The summed E-state index contributed by atoms with van der Waals surface area (Å²) in [6, 6.07) is 101. The maximum atomic E-state index is 2.75. The van der Waals surface area contributed by atoms with Crippen LogP contribution in [0.3, 0.4) is 0 Å². The summed E-state index contributed by atoms with van der Waals surface area (Å²) >= 11 is 0. The van der Waals surface area contributed by atoms with Gasteiger partial charge in [-0.15, -0.1) is 0 Å². The maximum absolute atomic E-state index is 2.75. The lowest BCUT2D eigenvalue weighted by Gasteiger charge is -2.42. The Bertz CT molecular complexity index is 5330. The van der Waals surface area contributed by atoms with Crippen molar-refractivity contribution in [1.29, 1.82) is 0 Å². The minimum absolute atomic E-state index is 0.00744. The monoisotopic (exact) mass is 1730 g/mol. The molecule has 6 aliphatic carbocycles. The van der Waals surface area contributed by atoms with E-state index in [9.17, 15) is 0 Å². The van der Waals surface area contributed by atoms with Crippen molar-refractivity contribution in [2.45, 2.75) is 330 Å². The van der Waals surface area contributed by atoms with Gasteiger partial charge in [0.25, 0.3) is 0 Å². The van der Waals surface area contributed by atoms with E-state index >= 15 is 0 Å². The van der Waals surface area contributed by atoms with Crippen LogP contribution in [0.2, 0.25) is 0 Å². The van der Waals surface area contributed by atoms with Crippen LogP contribution in [0.25, 0.3) is 111 Å². The summed E-state index contributed by atoms with van der Waals surface area (Å²) in [6.45, 7) is 43.8. The molecule has 0 saturated carbocycles. The second-order valence-corrected chi connectivity index (χ2v) is 45.9. The van der Waals surface area contributed by atoms with Gasteiger partial charge in [-0.1, -0.05) is 421 Å². The van der Waals surface area contributed by atoms with Crippen molar-refractivity contribution in [3.05, 3.63) is 309 Å². The molecular formula is C131H156. The average Bonchev–Trinajstić information content (AvgIpc) is 1.53. The SMILES string of the molecule is CCC1(CC2(CC)c3cc(-c4ccc5c(c4)-c4ccccc4C5(CCCC(C)C)CCCC(C)C)ccc3-c3ccc(-c4ccc5c(c4)-c4ccccc4C5(CCCC(C)C)CCCC(C)C)cc32)c2cc(-c3ccc4c(c3)-c3ccccc3C4(CCCC(C)C)CCCC(C)C)ccc2-c2ccc(-c3ccc4c(c3)-c3ccccc3C4(CCCC(C)C)CCCC(C)C)cc21. The van der Waals surface area contributed by atoms with Crippen LogP contribution in [-0.2, 0) is 32.5 Å². The summed E-state index contributed by atoms with van der Waals surface area (Å²) < 4.78 is 0. The van der Waals surface area contributed by atoms with Crippen LogP contribution < -0.4 is 0 Å². The van der Waals surface area contributed by atoms with Crippen molar-refractivity contribution >= 4 is 0 Å². The van der Waals surface area contributed by atoms with Crippen molar-refractivity contribution in [3.8, 4) is 111 Å². The van der Waals surface area contributed by atoms with E-state index in [-0.39, 0.29) is 21.7 Å². The van der Waals surface area contributed by atoms with Crippen LogP contribution in [0, 0.1) is 47.3 Å². The van der Waals surface area contributed by atoms with E-state index in [2.05, 4.69) is 367 Å². The Morgan fingerprint density at radius 3 is 0.504 bits per heavy atom. The molecule has 0 amide bonds. The Balaban J connectivity index is 0.839. The van der Waals surface area contributed by atoms with Gasteiger partial charge in [0.15, 0.2) is 0 Å². The van der Waals surface area contributed by atoms with Crippen LogP contribution in [0.15, 0.2) is 243 Å². The molecule has 0 aromatic heterocycles. The van der Waals surface area contributed by atoms with E-state index in [1.165, 1.54) is 288 Å². The zero-order valence-corrected chi connectivity index (χ0v) is 83.8. The largest absolute Gasteiger partial charge is 0.0642 e. The third-order valence-electron chi connectivity index (χ3n) is 34.0. The maximum Gasteiger partial charge on any atom is 0.0224 e. The summed E-state index contributed by atoms with van der Waals surface area (Å²) in [5.74, 6) is 5.40. The Morgan fingerprint density at radius 2 is 0.321 bits per heavy atom. The highest BCUT2D eigenvalue weighted by atomic mass is 14.6. The Hall–Kier alpha value is -9.36. The predicted octanol–water partition coefficient (Wildman–Crippen LogP) is 38.5. The summed E-state index contributed by atoms with van der Waals surface area (Å²) in [7, 11) is 0. The molecule has 0 heteroatoms. The van der Waals surface area contributed by atoms with Crippen molar-refractivity contribution in [3.63, 3.8) is 0 Å². The molecule has 0 N–H and O–H groups in total.